The van der Waals surface area contributed by atoms with Crippen LogP contribution in [-0.2, 0) is 0 Å². The summed E-state index contributed by atoms with van der Waals surface area (Å²) in [6, 6.07) is 20.0. The Kier molecular flexibility index (Phi) is 4.50. The molecule has 1 aliphatic heterocycles. The number of hydrogen-bond donors (Lipinski definition) is 2. The van der Waals surface area contributed by atoms with E-state index in [2.05, 4.69) is 35.3 Å². The Hall–Kier alpha value is -3.72. The van der Waals surface area contributed by atoms with Crippen molar-refractivity contribution >= 4 is 0 Å². The standard InChI is InChI=1S/C22H20N4O2/c1-13(14-6-4-3-5-7-14)18-17(12-23)21(24)28-22-19(18)20(25-26-22)15-8-10-16(27-2)11-9-15/h3-11,13,18H,24H2,1-2H3,(H,25,26). The number of ether oxygens (including phenoxy) is 2. The fraction of sp³-hybridized carbons (Fsp3) is 0.182. The van der Waals surface area contributed by atoms with Crippen molar-refractivity contribution in [2.75, 3.05) is 7.11 Å². The normalized spacial score (nSPS) is 16.7. The van der Waals surface area contributed by atoms with Gasteiger partial charge in [0.05, 0.1) is 23.9 Å². The smallest absolute Gasteiger partial charge is 0.244 e. The number of aromatic nitrogens is 2. The number of fused-ring (bicyclic) bond motifs is 1. The number of H-pyrrole nitrogens is 1. The van der Waals surface area contributed by atoms with Gasteiger partial charge in [0.15, 0.2) is 0 Å². The molecule has 2 unspecified atom stereocenters. The zero-order valence-electron chi connectivity index (χ0n) is 15.6. The molecule has 1 aromatic heterocycles. The second-order valence-corrected chi connectivity index (χ2v) is 6.71. The zero-order chi connectivity index (χ0) is 19.7. The van der Waals surface area contributed by atoms with E-state index in [1.807, 2.05) is 42.5 Å². The van der Waals surface area contributed by atoms with Crippen molar-refractivity contribution in [1.29, 1.82) is 5.26 Å². The fourth-order valence-electron chi connectivity index (χ4n) is 3.71. The molecule has 3 aromatic rings. The first kappa shape index (κ1) is 17.7. The molecule has 140 valence electrons. The first-order valence-corrected chi connectivity index (χ1v) is 8.99. The minimum atomic E-state index is -0.271. The van der Waals surface area contributed by atoms with E-state index in [-0.39, 0.29) is 17.7 Å². The molecule has 1 aliphatic rings. The van der Waals surface area contributed by atoms with Crippen molar-refractivity contribution < 1.29 is 9.47 Å². The van der Waals surface area contributed by atoms with E-state index in [1.54, 1.807) is 7.11 Å². The van der Waals surface area contributed by atoms with Gasteiger partial charge in [0.1, 0.15) is 11.8 Å². The van der Waals surface area contributed by atoms with Crippen molar-refractivity contribution in [3.63, 3.8) is 0 Å². The summed E-state index contributed by atoms with van der Waals surface area (Å²) in [5, 5.41) is 17.2. The molecule has 2 heterocycles. The summed E-state index contributed by atoms with van der Waals surface area (Å²) in [6.07, 6.45) is 0. The summed E-state index contributed by atoms with van der Waals surface area (Å²) in [5.41, 5.74) is 10.2. The van der Waals surface area contributed by atoms with Gasteiger partial charge in [-0.3, -0.25) is 5.10 Å². The lowest BCUT2D eigenvalue weighted by atomic mass is 9.76. The van der Waals surface area contributed by atoms with Crippen LogP contribution < -0.4 is 15.2 Å². The van der Waals surface area contributed by atoms with Crippen molar-refractivity contribution in [1.82, 2.24) is 10.2 Å². The number of hydrogen-bond acceptors (Lipinski definition) is 5. The van der Waals surface area contributed by atoms with E-state index in [4.69, 9.17) is 15.2 Å². The number of benzene rings is 2. The maximum absolute atomic E-state index is 9.81. The van der Waals surface area contributed by atoms with Crippen LogP contribution in [0.15, 0.2) is 66.1 Å². The second-order valence-electron chi connectivity index (χ2n) is 6.71. The van der Waals surface area contributed by atoms with Gasteiger partial charge in [0.25, 0.3) is 0 Å². The van der Waals surface area contributed by atoms with E-state index in [9.17, 15) is 5.26 Å². The highest BCUT2D eigenvalue weighted by Gasteiger charge is 2.38. The van der Waals surface area contributed by atoms with Crippen molar-refractivity contribution in [2.45, 2.75) is 18.8 Å². The lowest BCUT2D eigenvalue weighted by molar-refractivity contribution is 0.368. The summed E-state index contributed by atoms with van der Waals surface area (Å²) < 4.78 is 10.9. The largest absolute Gasteiger partial charge is 0.497 e. The second kappa shape index (κ2) is 7.12. The Balaban J connectivity index is 1.86. The van der Waals surface area contributed by atoms with Crippen LogP contribution in [0.4, 0.5) is 0 Å². The molecule has 6 nitrogen and oxygen atoms in total. The minimum Gasteiger partial charge on any atom is -0.497 e. The first-order chi connectivity index (χ1) is 13.6. The highest BCUT2D eigenvalue weighted by Crippen LogP contribution is 2.48. The van der Waals surface area contributed by atoms with Gasteiger partial charge in [-0.05, 0) is 35.7 Å². The van der Waals surface area contributed by atoms with Crippen LogP contribution in [0.5, 0.6) is 11.6 Å². The summed E-state index contributed by atoms with van der Waals surface area (Å²) in [4.78, 5) is 0. The fourth-order valence-corrected chi connectivity index (χ4v) is 3.71. The monoisotopic (exact) mass is 372 g/mol. The van der Waals surface area contributed by atoms with Crippen molar-refractivity contribution in [2.24, 2.45) is 5.73 Å². The van der Waals surface area contributed by atoms with Gasteiger partial charge >= 0.3 is 0 Å². The van der Waals surface area contributed by atoms with Crippen LogP contribution in [0.3, 0.4) is 0 Å². The average molecular weight is 372 g/mol. The molecule has 0 saturated carbocycles. The predicted octanol–water partition coefficient (Wildman–Crippen LogP) is 4.06. The highest BCUT2D eigenvalue weighted by atomic mass is 16.5. The Morgan fingerprint density at radius 1 is 1.18 bits per heavy atom. The van der Waals surface area contributed by atoms with Gasteiger partial charge in [-0.1, -0.05) is 37.3 Å². The molecular formula is C22H20N4O2. The number of nitrogens with zero attached hydrogens (tertiary/aromatic N) is 2. The maximum Gasteiger partial charge on any atom is 0.244 e. The number of rotatable bonds is 4. The molecule has 0 amide bonds. The molecule has 6 heteroatoms. The van der Waals surface area contributed by atoms with E-state index in [0.29, 0.717) is 11.5 Å². The molecule has 0 fully saturated rings. The van der Waals surface area contributed by atoms with Crippen molar-refractivity contribution in [3.8, 4) is 29.0 Å². The van der Waals surface area contributed by atoms with Gasteiger partial charge in [0, 0.05) is 11.5 Å². The quantitative estimate of drug-likeness (QED) is 0.720. The number of aromatic amines is 1. The topological polar surface area (TPSA) is 97.0 Å². The van der Waals surface area contributed by atoms with Crippen LogP contribution in [0, 0.1) is 11.3 Å². The summed E-state index contributed by atoms with van der Waals surface area (Å²) in [7, 11) is 1.63. The van der Waals surface area contributed by atoms with Crippen LogP contribution in [0.2, 0.25) is 0 Å². The third-order valence-corrected chi connectivity index (χ3v) is 5.19. The maximum atomic E-state index is 9.81. The number of allylic oxidation sites excluding steroid dienone is 1. The molecule has 0 aliphatic carbocycles. The van der Waals surface area contributed by atoms with Gasteiger partial charge in [-0.15, -0.1) is 5.10 Å². The third kappa shape index (κ3) is 2.87. The van der Waals surface area contributed by atoms with E-state index < -0.39 is 0 Å². The highest BCUT2D eigenvalue weighted by molar-refractivity contribution is 5.70. The lowest BCUT2D eigenvalue weighted by Crippen LogP contribution is -2.23. The van der Waals surface area contributed by atoms with Gasteiger partial charge in [0.2, 0.25) is 11.8 Å². The molecule has 2 aromatic carbocycles. The van der Waals surface area contributed by atoms with Crippen LogP contribution in [0.1, 0.15) is 29.9 Å². The van der Waals surface area contributed by atoms with Gasteiger partial charge in [-0.25, -0.2) is 0 Å². The minimum absolute atomic E-state index is 0.00616. The Bertz CT molecular complexity index is 1060. The molecule has 0 radical (unpaired) electrons. The van der Waals surface area contributed by atoms with Crippen LogP contribution in [0.25, 0.3) is 11.3 Å². The molecule has 4 rings (SSSR count). The Morgan fingerprint density at radius 3 is 2.54 bits per heavy atom. The summed E-state index contributed by atoms with van der Waals surface area (Å²) >= 11 is 0. The molecule has 0 saturated heterocycles. The number of nitriles is 1. The number of nitrogens with two attached hydrogens (primary N) is 1. The predicted molar refractivity (Wildman–Crippen MR) is 106 cm³/mol. The third-order valence-electron chi connectivity index (χ3n) is 5.19. The van der Waals surface area contributed by atoms with E-state index in [0.717, 1.165) is 28.1 Å². The number of methoxy groups -OCH3 is 1. The molecule has 0 bridgehead atoms. The van der Waals surface area contributed by atoms with Gasteiger partial charge in [-0.2, -0.15) is 5.26 Å². The molecule has 3 N–H and O–H groups in total. The molecular weight excluding hydrogens is 352 g/mol. The molecule has 0 spiro atoms. The van der Waals surface area contributed by atoms with Crippen molar-refractivity contribution in [3.05, 3.63) is 77.2 Å². The van der Waals surface area contributed by atoms with Gasteiger partial charge < -0.3 is 15.2 Å². The molecule has 28 heavy (non-hydrogen) atoms. The van der Waals surface area contributed by atoms with E-state index >= 15 is 0 Å². The number of nitrogens with one attached hydrogen (secondary N) is 1. The van der Waals surface area contributed by atoms with Crippen LogP contribution >= 0.6 is 0 Å². The van der Waals surface area contributed by atoms with E-state index in [1.165, 1.54) is 0 Å². The first-order valence-electron chi connectivity index (χ1n) is 8.99. The Morgan fingerprint density at radius 2 is 1.89 bits per heavy atom. The summed E-state index contributed by atoms with van der Waals surface area (Å²) in [5.74, 6) is 1.02. The summed E-state index contributed by atoms with van der Waals surface area (Å²) in [6.45, 7) is 2.09. The molecule has 2 atom stereocenters. The van der Waals surface area contributed by atoms with Crippen LogP contribution in [-0.4, -0.2) is 17.3 Å². The Labute approximate surface area is 163 Å². The lowest BCUT2D eigenvalue weighted by Gasteiger charge is -2.28. The average Bonchev–Trinajstić information content (AvgIpc) is 3.16. The zero-order valence-corrected chi connectivity index (χ0v) is 15.6. The SMILES string of the molecule is COc1ccc(-c2[nH]nc3c2C(C(C)c2ccccc2)C(C#N)=C(N)O3)cc1.